The highest BCUT2D eigenvalue weighted by Crippen LogP contribution is 2.14. The Morgan fingerprint density at radius 2 is 0.734 bits per heavy atom. The fourth-order valence-corrected chi connectivity index (χ4v) is 6.96. The summed E-state index contributed by atoms with van der Waals surface area (Å²) in [4.78, 5) is 25.4. The highest BCUT2D eigenvalue weighted by Gasteiger charge is 2.17. The summed E-state index contributed by atoms with van der Waals surface area (Å²) in [5.41, 5.74) is 0. The van der Waals surface area contributed by atoms with Crippen LogP contribution in [0.2, 0.25) is 0 Å². The Labute approximate surface area is 395 Å². The first-order chi connectivity index (χ1) is 31.6. The quantitative estimate of drug-likeness (QED) is 0.0346. The average molecular weight is 887 g/mol. The van der Waals surface area contributed by atoms with E-state index in [0.717, 1.165) is 89.9 Å². The smallest absolute Gasteiger partial charge is 0.306 e. The second-order valence-corrected chi connectivity index (χ2v) is 17.0. The van der Waals surface area contributed by atoms with Crippen LogP contribution in [0.3, 0.4) is 0 Å². The predicted molar refractivity (Wildman–Crippen MR) is 279 cm³/mol. The first kappa shape index (κ1) is 60.6. The molecule has 64 heavy (non-hydrogen) atoms. The second kappa shape index (κ2) is 53.9. The van der Waals surface area contributed by atoms with E-state index in [1.165, 1.54) is 96.3 Å². The Bertz CT molecular complexity index is 1280. The Hall–Kier alpha value is -3.44. The number of rotatable bonds is 47. The van der Waals surface area contributed by atoms with Crippen LogP contribution in [0.15, 0.2) is 109 Å². The molecule has 0 aromatic heterocycles. The van der Waals surface area contributed by atoms with E-state index in [9.17, 15) is 9.59 Å². The Morgan fingerprint density at radius 3 is 1.19 bits per heavy atom. The summed E-state index contributed by atoms with van der Waals surface area (Å²) in [5, 5.41) is 0. The van der Waals surface area contributed by atoms with Gasteiger partial charge in [0.25, 0.3) is 0 Å². The number of ether oxygens (including phenoxy) is 3. The zero-order valence-corrected chi connectivity index (χ0v) is 41.8. The normalized spacial score (nSPS) is 13.1. The van der Waals surface area contributed by atoms with Crippen molar-refractivity contribution in [2.45, 2.75) is 232 Å². The minimum Gasteiger partial charge on any atom is -0.462 e. The molecule has 1 unspecified atom stereocenters. The topological polar surface area (TPSA) is 61.8 Å². The van der Waals surface area contributed by atoms with Crippen molar-refractivity contribution in [2.75, 3.05) is 19.8 Å². The van der Waals surface area contributed by atoms with E-state index in [4.69, 9.17) is 14.2 Å². The van der Waals surface area contributed by atoms with Crippen LogP contribution in [0.5, 0.6) is 0 Å². The van der Waals surface area contributed by atoms with E-state index in [2.05, 4.69) is 124 Å². The lowest BCUT2D eigenvalue weighted by Gasteiger charge is -2.18. The molecule has 5 heteroatoms. The van der Waals surface area contributed by atoms with Gasteiger partial charge < -0.3 is 14.2 Å². The summed E-state index contributed by atoms with van der Waals surface area (Å²) in [6.07, 6.45) is 74.0. The molecule has 0 heterocycles. The summed E-state index contributed by atoms with van der Waals surface area (Å²) in [6, 6.07) is 0. The molecule has 0 saturated carbocycles. The van der Waals surface area contributed by atoms with Crippen molar-refractivity contribution in [1.82, 2.24) is 0 Å². The monoisotopic (exact) mass is 887 g/mol. The zero-order valence-electron chi connectivity index (χ0n) is 41.8. The number of carbonyl (C=O) groups excluding carboxylic acids is 2. The van der Waals surface area contributed by atoms with Crippen molar-refractivity contribution in [3.63, 3.8) is 0 Å². The lowest BCUT2D eigenvalue weighted by Crippen LogP contribution is -2.30. The van der Waals surface area contributed by atoms with Gasteiger partial charge in [-0.3, -0.25) is 9.59 Å². The van der Waals surface area contributed by atoms with Gasteiger partial charge in [-0.1, -0.05) is 233 Å². The number of hydrogen-bond donors (Lipinski definition) is 0. The third-order valence-electron chi connectivity index (χ3n) is 10.8. The molecule has 0 spiro atoms. The molecule has 0 aliphatic rings. The molecule has 1 atom stereocenters. The van der Waals surface area contributed by atoms with Crippen LogP contribution >= 0.6 is 0 Å². The van der Waals surface area contributed by atoms with E-state index in [1.807, 2.05) is 6.08 Å². The van der Waals surface area contributed by atoms with Gasteiger partial charge in [0.2, 0.25) is 0 Å². The molecule has 0 aromatic rings. The van der Waals surface area contributed by atoms with Crippen molar-refractivity contribution in [2.24, 2.45) is 0 Å². The summed E-state index contributed by atoms with van der Waals surface area (Å²) in [5.74, 6) is -0.501. The molecule has 0 amide bonds. The maximum atomic E-state index is 12.8. The summed E-state index contributed by atoms with van der Waals surface area (Å²) < 4.78 is 17.3. The third kappa shape index (κ3) is 51.2. The van der Waals surface area contributed by atoms with Gasteiger partial charge in [0.15, 0.2) is 6.10 Å². The van der Waals surface area contributed by atoms with Crippen molar-refractivity contribution in [3.8, 4) is 0 Å². The third-order valence-corrected chi connectivity index (χ3v) is 10.8. The van der Waals surface area contributed by atoms with E-state index in [0.29, 0.717) is 25.9 Å². The minimum absolute atomic E-state index is 0.0381. The summed E-state index contributed by atoms with van der Waals surface area (Å²) in [6.45, 7) is 7.50. The number of esters is 2. The number of allylic oxidation sites excluding steroid dienone is 18. The van der Waals surface area contributed by atoms with Crippen molar-refractivity contribution in [1.29, 1.82) is 0 Å². The van der Waals surface area contributed by atoms with Crippen molar-refractivity contribution in [3.05, 3.63) is 109 Å². The first-order valence-corrected chi connectivity index (χ1v) is 26.4. The van der Waals surface area contributed by atoms with Crippen LogP contribution < -0.4 is 0 Å². The maximum absolute atomic E-state index is 12.8. The average Bonchev–Trinajstić information content (AvgIpc) is 3.30. The molecule has 5 nitrogen and oxygen atoms in total. The maximum Gasteiger partial charge on any atom is 0.306 e. The summed E-state index contributed by atoms with van der Waals surface area (Å²) in [7, 11) is 0. The second-order valence-electron chi connectivity index (χ2n) is 17.0. The lowest BCUT2D eigenvalue weighted by atomic mass is 10.1. The first-order valence-electron chi connectivity index (χ1n) is 26.4. The van der Waals surface area contributed by atoms with Gasteiger partial charge in [0, 0.05) is 19.4 Å². The molecule has 0 rings (SSSR count). The van der Waals surface area contributed by atoms with E-state index in [1.54, 1.807) is 0 Å². The van der Waals surface area contributed by atoms with E-state index < -0.39 is 6.10 Å². The van der Waals surface area contributed by atoms with E-state index in [-0.39, 0.29) is 25.2 Å². The van der Waals surface area contributed by atoms with Crippen molar-refractivity contribution >= 4 is 11.9 Å². The Balaban J connectivity index is 4.37. The highest BCUT2D eigenvalue weighted by molar-refractivity contribution is 5.70. The molecule has 0 bridgehead atoms. The van der Waals surface area contributed by atoms with Crippen LogP contribution in [0.4, 0.5) is 0 Å². The highest BCUT2D eigenvalue weighted by atomic mass is 16.6. The summed E-state index contributed by atoms with van der Waals surface area (Å²) >= 11 is 0. The fourth-order valence-electron chi connectivity index (χ4n) is 6.96. The fraction of sp³-hybridized carbons (Fsp3) is 0.661. The molecular weight excluding hydrogens is 789 g/mol. The van der Waals surface area contributed by atoms with Gasteiger partial charge >= 0.3 is 11.9 Å². The Morgan fingerprint density at radius 1 is 0.359 bits per heavy atom. The molecule has 0 N–H and O–H groups in total. The number of carbonyl (C=O) groups is 2. The SMILES string of the molecule is CC/C=C\C/C=C\C/C=C\C/C=C\C/C=C\C/C=C\CCC(=O)OCC(COCCCCCCCCCC/C=C\C/C=C\C/C=C\CC)OC(=O)CCCCCCCCCCCCC. The predicted octanol–water partition coefficient (Wildman–Crippen LogP) is 18.0. The standard InChI is InChI=1S/C59H98O5/c1-4-7-10-13-16-19-22-24-26-28-30-31-33-35-38-40-43-46-49-52-58(60)63-56-57(64-59(61)53-50-47-44-41-37-21-18-15-12-9-6-3)55-62-54-51-48-45-42-39-36-34-32-29-27-25-23-20-17-14-11-8-5-2/h7-8,10-11,16-17,19-20,24-27,30-31,35,38,43,46,57H,4-6,9,12-15,18,21-23,28-29,32-34,36-37,39-42,44-45,47-56H2,1-3H3/b10-7-,11-8-,19-16-,20-17-,26-24-,27-25-,31-30-,38-35-,46-43-. The van der Waals surface area contributed by atoms with Crippen LogP contribution in [0, 0.1) is 0 Å². The molecule has 0 fully saturated rings. The molecule has 0 aliphatic heterocycles. The molecule has 0 saturated heterocycles. The zero-order chi connectivity index (χ0) is 46.3. The van der Waals surface area contributed by atoms with Crippen LogP contribution in [-0.4, -0.2) is 37.9 Å². The molecule has 0 radical (unpaired) electrons. The van der Waals surface area contributed by atoms with Crippen LogP contribution in [-0.2, 0) is 23.8 Å². The van der Waals surface area contributed by atoms with Gasteiger partial charge in [-0.2, -0.15) is 0 Å². The van der Waals surface area contributed by atoms with Gasteiger partial charge in [-0.05, 0) is 89.9 Å². The van der Waals surface area contributed by atoms with Crippen molar-refractivity contribution < 1.29 is 23.8 Å². The number of hydrogen-bond acceptors (Lipinski definition) is 5. The van der Waals surface area contributed by atoms with Gasteiger partial charge in [-0.15, -0.1) is 0 Å². The molecule has 364 valence electrons. The van der Waals surface area contributed by atoms with E-state index >= 15 is 0 Å². The Kier molecular flexibility index (Phi) is 51.0. The minimum atomic E-state index is -0.575. The largest absolute Gasteiger partial charge is 0.462 e. The van der Waals surface area contributed by atoms with Crippen LogP contribution in [0.25, 0.3) is 0 Å². The molecular formula is C59H98O5. The van der Waals surface area contributed by atoms with Gasteiger partial charge in [0.05, 0.1) is 6.61 Å². The number of unbranched alkanes of at least 4 members (excludes halogenated alkanes) is 18. The lowest BCUT2D eigenvalue weighted by molar-refractivity contribution is -0.162. The van der Waals surface area contributed by atoms with Gasteiger partial charge in [-0.25, -0.2) is 0 Å². The van der Waals surface area contributed by atoms with Gasteiger partial charge in [0.1, 0.15) is 6.61 Å². The molecule has 0 aromatic carbocycles. The molecule has 0 aliphatic carbocycles. The van der Waals surface area contributed by atoms with Crippen LogP contribution in [0.1, 0.15) is 226 Å².